The zero-order chi connectivity index (χ0) is 22.3. The molecule has 0 bridgehead atoms. The van der Waals surface area contributed by atoms with Crippen molar-refractivity contribution in [2.75, 3.05) is 33.4 Å². The van der Waals surface area contributed by atoms with Gasteiger partial charge in [0, 0.05) is 44.9 Å². The second-order valence-corrected chi connectivity index (χ2v) is 9.69. The molecule has 3 rings (SSSR count). The van der Waals surface area contributed by atoms with Gasteiger partial charge < -0.3 is 10.1 Å². The lowest BCUT2D eigenvalue weighted by atomic mass is 10.0. The van der Waals surface area contributed by atoms with Crippen molar-refractivity contribution < 1.29 is 17.9 Å². The van der Waals surface area contributed by atoms with Gasteiger partial charge in [0.15, 0.2) is 0 Å². The number of nitrogens with one attached hydrogen (secondary N) is 2. The van der Waals surface area contributed by atoms with E-state index < -0.39 is 10.0 Å². The summed E-state index contributed by atoms with van der Waals surface area (Å²) in [7, 11) is -2.09. The minimum absolute atomic E-state index is 0.125. The molecule has 0 unspecified atom stereocenters. The van der Waals surface area contributed by atoms with Crippen molar-refractivity contribution in [3.63, 3.8) is 0 Å². The quantitative estimate of drug-likeness (QED) is 0.579. The average Bonchev–Trinajstić information content (AvgIpc) is 2.75. The van der Waals surface area contributed by atoms with Crippen LogP contribution in [0.25, 0.3) is 0 Å². The first-order valence-corrected chi connectivity index (χ1v) is 12.0. The fourth-order valence-electron chi connectivity index (χ4n) is 3.72. The highest BCUT2D eigenvalue weighted by Crippen LogP contribution is 2.16. The standard InChI is InChI=1S/C23H31N3O4S/c1-18-4-3-5-19(16-18)17-26-13-10-21(11-14-26)25-23(27)20-6-8-22(9-7-20)31(28,29)24-12-15-30-2/h3-9,16,21,24H,10-15,17H2,1-2H3,(H,25,27). The first kappa shape index (κ1) is 23.4. The van der Waals surface area contributed by atoms with Gasteiger partial charge in [-0.3, -0.25) is 9.69 Å². The minimum atomic E-state index is -3.60. The first-order chi connectivity index (χ1) is 14.9. The number of amides is 1. The fourth-order valence-corrected chi connectivity index (χ4v) is 4.73. The molecule has 1 amide bonds. The largest absolute Gasteiger partial charge is 0.383 e. The summed E-state index contributed by atoms with van der Waals surface area (Å²) in [6.07, 6.45) is 1.79. The van der Waals surface area contributed by atoms with Gasteiger partial charge in [0.05, 0.1) is 11.5 Å². The molecule has 2 N–H and O–H groups in total. The van der Waals surface area contributed by atoms with E-state index in [9.17, 15) is 13.2 Å². The van der Waals surface area contributed by atoms with Crippen molar-refractivity contribution in [3.05, 3.63) is 65.2 Å². The van der Waals surface area contributed by atoms with Crippen LogP contribution in [0.1, 0.15) is 34.3 Å². The Hall–Kier alpha value is -2.26. The Bertz CT molecular complexity index is 969. The van der Waals surface area contributed by atoms with Gasteiger partial charge in [0.2, 0.25) is 10.0 Å². The Balaban J connectivity index is 1.48. The predicted octanol–water partition coefficient (Wildman–Crippen LogP) is 2.31. The average molecular weight is 446 g/mol. The van der Waals surface area contributed by atoms with Crippen LogP contribution in [0.2, 0.25) is 0 Å². The van der Waals surface area contributed by atoms with Crippen molar-refractivity contribution in [2.24, 2.45) is 0 Å². The van der Waals surface area contributed by atoms with Crippen LogP contribution in [-0.2, 0) is 21.3 Å². The smallest absolute Gasteiger partial charge is 0.251 e. The monoisotopic (exact) mass is 445 g/mol. The number of sulfonamides is 1. The summed E-state index contributed by atoms with van der Waals surface area (Å²) in [6, 6.07) is 14.7. The fraction of sp³-hybridized carbons (Fsp3) is 0.435. The van der Waals surface area contributed by atoms with Crippen molar-refractivity contribution in [1.29, 1.82) is 0 Å². The van der Waals surface area contributed by atoms with Crippen LogP contribution in [0.3, 0.4) is 0 Å². The van der Waals surface area contributed by atoms with E-state index in [0.29, 0.717) is 12.2 Å². The van der Waals surface area contributed by atoms with Crippen LogP contribution in [0.4, 0.5) is 0 Å². The third kappa shape index (κ3) is 6.87. The Labute approximate surface area is 184 Å². The summed E-state index contributed by atoms with van der Waals surface area (Å²) in [4.78, 5) is 15.1. The normalized spacial score (nSPS) is 15.7. The molecule has 0 aromatic heterocycles. The molecule has 0 spiro atoms. The molecular weight excluding hydrogens is 414 g/mol. The molecule has 0 atom stereocenters. The topological polar surface area (TPSA) is 87.7 Å². The number of piperidine rings is 1. The molecule has 1 aliphatic heterocycles. The number of hydrogen-bond acceptors (Lipinski definition) is 5. The SMILES string of the molecule is COCCNS(=O)(=O)c1ccc(C(=O)NC2CCN(Cc3cccc(C)c3)CC2)cc1. The molecule has 0 radical (unpaired) electrons. The summed E-state index contributed by atoms with van der Waals surface area (Å²) in [6.45, 7) is 5.39. The third-order valence-corrected chi connectivity index (χ3v) is 6.91. The Morgan fingerprint density at radius 3 is 2.48 bits per heavy atom. The zero-order valence-corrected chi connectivity index (χ0v) is 19.0. The van der Waals surface area contributed by atoms with E-state index in [4.69, 9.17) is 4.74 Å². The van der Waals surface area contributed by atoms with E-state index in [2.05, 4.69) is 46.1 Å². The predicted molar refractivity (Wildman–Crippen MR) is 120 cm³/mol. The molecular formula is C23H31N3O4S. The van der Waals surface area contributed by atoms with Crippen molar-refractivity contribution >= 4 is 15.9 Å². The van der Waals surface area contributed by atoms with Crippen molar-refractivity contribution in [3.8, 4) is 0 Å². The van der Waals surface area contributed by atoms with Crippen LogP contribution in [-0.4, -0.2) is 58.6 Å². The van der Waals surface area contributed by atoms with E-state index in [0.717, 1.165) is 32.5 Å². The second kappa shape index (κ2) is 10.9. The van der Waals surface area contributed by atoms with Crippen LogP contribution in [0.15, 0.2) is 53.4 Å². The lowest BCUT2D eigenvalue weighted by molar-refractivity contribution is 0.0909. The molecule has 2 aromatic carbocycles. The number of nitrogens with zero attached hydrogens (tertiary/aromatic N) is 1. The molecule has 8 heteroatoms. The van der Waals surface area contributed by atoms with Crippen molar-refractivity contribution in [1.82, 2.24) is 14.9 Å². The van der Waals surface area contributed by atoms with E-state index in [1.54, 1.807) is 12.1 Å². The van der Waals surface area contributed by atoms with E-state index in [-0.39, 0.29) is 23.4 Å². The van der Waals surface area contributed by atoms with Crippen LogP contribution < -0.4 is 10.0 Å². The molecule has 1 fully saturated rings. The number of ether oxygens (including phenoxy) is 1. The van der Waals surface area contributed by atoms with Gasteiger partial charge in [-0.15, -0.1) is 0 Å². The van der Waals surface area contributed by atoms with Crippen LogP contribution in [0.5, 0.6) is 0 Å². The lowest BCUT2D eigenvalue weighted by Gasteiger charge is -2.32. The summed E-state index contributed by atoms with van der Waals surface area (Å²) in [5, 5.41) is 3.08. The number of aryl methyl sites for hydroxylation is 1. The maximum Gasteiger partial charge on any atom is 0.251 e. The summed E-state index contributed by atoms with van der Waals surface area (Å²) in [5.74, 6) is -0.173. The summed E-state index contributed by atoms with van der Waals surface area (Å²) in [5.41, 5.74) is 3.04. The minimum Gasteiger partial charge on any atom is -0.383 e. The van der Waals surface area contributed by atoms with Gasteiger partial charge in [0.25, 0.3) is 5.91 Å². The highest BCUT2D eigenvalue weighted by Gasteiger charge is 2.22. The highest BCUT2D eigenvalue weighted by molar-refractivity contribution is 7.89. The molecule has 0 saturated carbocycles. The number of carbonyl (C=O) groups excluding carboxylic acids is 1. The summed E-state index contributed by atoms with van der Waals surface area (Å²) < 4.78 is 31.7. The van der Waals surface area contributed by atoms with E-state index in [1.807, 2.05) is 0 Å². The van der Waals surface area contributed by atoms with Crippen LogP contribution >= 0.6 is 0 Å². The number of rotatable bonds is 9. The third-order valence-electron chi connectivity index (χ3n) is 5.44. The van der Waals surface area contributed by atoms with E-state index in [1.165, 1.54) is 30.4 Å². The molecule has 2 aromatic rings. The van der Waals surface area contributed by atoms with Gasteiger partial charge in [-0.2, -0.15) is 0 Å². The number of hydrogen-bond donors (Lipinski definition) is 2. The Morgan fingerprint density at radius 1 is 1.13 bits per heavy atom. The van der Waals surface area contributed by atoms with E-state index >= 15 is 0 Å². The lowest BCUT2D eigenvalue weighted by Crippen LogP contribution is -2.44. The van der Waals surface area contributed by atoms with Gasteiger partial charge in [-0.05, 0) is 49.6 Å². The number of methoxy groups -OCH3 is 1. The second-order valence-electron chi connectivity index (χ2n) is 7.93. The molecule has 7 nitrogen and oxygen atoms in total. The van der Waals surface area contributed by atoms with Gasteiger partial charge >= 0.3 is 0 Å². The number of carbonyl (C=O) groups is 1. The van der Waals surface area contributed by atoms with Crippen LogP contribution in [0, 0.1) is 6.92 Å². The first-order valence-electron chi connectivity index (χ1n) is 10.5. The molecule has 0 aliphatic carbocycles. The van der Waals surface area contributed by atoms with Gasteiger partial charge in [0.1, 0.15) is 0 Å². The summed E-state index contributed by atoms with van der Waals surface area (Å²) >= 11 is 0. The van der Waals surface area contributed by atoms with Crippen molar-refractivity contribution in [2.45, 2.75) is 37.2 Å². The van der Waals surface area contributed by atoms with Gasteiger partial charge in [-0.25, -0.2) is 13.1 Å². The molecule has 1 saturated heterocycles. The van der Waals surface area contributed by atoms with Gasteiger partial charge in [-0.1, -0.05) is 29.8 Å². The highest BCUT2D eigenvalue weighted by atomic mass is 32.2. The Kier molecular flexibility index (Phi) is 8.20. The molecule has 1 aliphatic rings. The molecule has 1 heterocycles. The molecule has 31 heavy (non-hydrogen) atoms. The zero-order valence-electron chi connectivity index (χ0n) is 18.1. The maximum atomic E-state index is 12.6. The number of benzene rings is 2. The molecule has 168 valence electrons. The number of likely N-dealkylation sites (tertiary alicyclic amines) is 1. The Morgan fingerprint density at radius 2 is 1.84 bits per heavy atom. The maximum absolute atomic E-state index is 12.6.